The van der Waals surface area contributed by atoms with Gasteiger partial charge in [-0.15, -0.1) is 11.3 Å². The lowest BCUT2D eigenvalue weighted by Gasteiger charge is -2.17. The highest BCUT2D eigenvalue weighted by molar-refractivity contribution is 7.79. The van der Waals surface area contributed by atoms with Crippen molar-refractivity contribution in [1.82, 2.24) is 9.88 Å². The third-order valence-electron chi connectivity index (χ3n) is 3.94. The predicted molar refractivity (Wildman–Crippen MR) is 80.5 cm³/mol. The van der Waals surface area contributed by atoms with E-state index < -0.39 is 0 Å². The smallest absolute Gasteiger partial charge is 0.107 e. The number of hydrogen-bond donors (Lipinski definition) is 1. The summed E-state index contributed by atoms with van der Waals surface area (Å²) in [6, 6.07) is 0. The highest BCUT2D eigenvalue weighted by Crippen LogP contribution is 2.43. The Labute approximate surface area is 119 Å². The van der Waals surface area contributed by atoms with Crippen molar-refractivity contribution in [2.75, 3.05) is 13.1 Å². The molecule has 1 aromatic rings. The molecule has 0 amide bonds. The summed E-state index contributed by atoms with van der Waals surface area (Å²) >= 11 is 6.35. The van der Waals surface area contributed by atoms with E-state index in [1.165, 1.54) is 67.2 Å². The lowest BCUT2D eigenvalue weighted by molar-refractivity contribution is 0.276. The fourth-order valence-corrected chi connectivity index (χ4v) is 4.17. The van der Waals surface area contributed by atoms with Gasteiger partial charge in [0, 0.05) is 16.5 Å². The van der Waals surface area contributed by atoms with Crippen LogP contribution in [0.3, 0.4) is 0 Å². The fourth-order valence-electron chi connectivity index (χ4n) is 2.76. The second-order valence-corrected chi connectivity index (χ2v) is 7.02. The van der Waals surface area contributed by atoms with Crippen molar-refractivity contribution < 1.29 is 0 Å². The molecule has 4 heteroatoms. The van der Waals surface area contributed by atoms with E-state index in [0.717, 1.165) is 18.2 Å². The van der Waals surface area contributed by atoms with Crippen LogP contribution in [0, 0.1) is 0 Å². The largest absolute Gasteiger partial charge is 0.297 e. The summed E-state index contributed by atoms with van der Waals surface area (Å²) in [6.07, 6.45) is 8.22. The van der Waals surface area contributed by atoms with Gasteiger partial charge in [-0.3, -0.25) is 4.90 Å². The van der Waals surface area contributed by atoms with Crippen molar-refractivity contribution in [2.45, 2.75) is 56.7 Å². The van der Waals surface area contributed by atoms with Gasteiger partial charge in [0.05, 0.1) is 12.2 Å². The Morgan fingerprint density at radius 3 is 2.50 bits per heavy atom. The summed E-state index contributed by atoms with van der Waals surface area (Å²) < 4.78 is 0. The monoisotopic (exact) mass is 282 g/mol. The molecule has 1 saturated carbocycles. The van der Waals surface area contributed by atoms with E-state index >= 15 is 0 Å². The van der Waals surface area contributed by atoms with E-state index in [-0.39, 0.29) is 0 Å². The number of rotatable bonds is 4. The van der Waals surface area contributed by atoms with Gasteiger partial charge in [-0.25, -0.2) is 4.98 Å². The summed E-state index contributed by atoms with van der Waals surface area (Å²) in [7, 11) is 0. The molecular formula is C14H22N2S2. The Balaban J connectivity index is 1.67. The van der Waals surface area contributed by atoms with Gasteiger partial charge in [0.1, 0.15) is 5.01 Å². The maximum atomic E-state index is 4.90. The SMILES string of the molecule is SCc1sc(CN2CCCCCC2)nc1C1CC1. The fraction of sp³-hybridized carbons (Fsp3) is 0.786. The van der Waals surface area contributed by atoms with E-state index in [1.54, 1.807) is 0 Å². The lowest BCUT2D eigenvalue weighted by atomic mass is 10.2. The zero-order valence-corrected chi connectivity index (χ0v) is 12.6. The van der Waals surface area contributed by atoms with E-state index in [2.05, 4.69) is 17.5 Å². The molecule has 100 valence electrons. The van der Waals surface area contributed by atoms with E-state index in [9.17, 15) is 0 Å². The van der Waals surface area contributed by atoms with Crippen molar-refractivity contribution in [3.8, 4) is 0 Å². The van der Waals surface area contributed by atoms with Gasteiger partial charge in [0.2, 0.25) is 0 Å². The van der Waals surface area contributed by atoms with Gasteiger partial charge >= 0.3 is 0 Å². The molecule has 0 unspecified atom stereocenters. The molecule has 0 spiro atoms. The molecule has 0 atom stereocenters. The molecule has 2 nitrogen and oxygen atoms in total. The van der Waals surface area contributed by atoms with Crippen LogP contribution in [0.2, 0.25) is 0 Å². The van der Waals surface area contributed by atoms with E-state index in [4.69, 9.17) is 4.98 Å². The highest BCUT2D eigenvalue weighted by atomic mass is 32.1. The van der Waals surface area contributed by atoms with Gasteiger partial charge in [-0.1, -0.05) is 12.8 Å². The van der Waals surface area contributed by atoms with E-state index in [0.29, 0.717) is 0 Å². The van der Waals surface area contributed by atoms with Crippen molar-refractivity contribution in [3.05, 3.63) is 15.6 Å². The Bertz CT molecular complexity index is 390. The normalized spacial score (nSPS) is 22.1. The molecule has 0 bridgehead atoms. The van der Waals surface area contributed by atoms with Crippen LogP contribution in [0.15, 0.2) is 0 Å². The number of hydrogen-bond acceptors (Lipinski definition) is 4. The van der Waals surface area contributed by atoms with Crippen LogP contribution in [0.5, 0.6) is 0 Å². The number of thiol groups is 1. The summed E-state index contributed by atoms with van der Waals surface area (Å²) in [5, 5.41) is 1.32. The third kappa shape index (κ3) is 3.09. The molecule has 1 saturated heterocycles. The second kappa shape index (κ2) is 5.93. The summed E-state index contributed by atoms with van der Waals surface area (Å²) in [4.78, 5) is 8.91. The first-order valence-corrected chi connectivity index (χ1v) is 8.63. The quantitative estimate of drug-likeness (QED) is 0.845. The first-order chi connectivity index (χ1) is 8.86. The Kier molecular flexibility index (Phi) is 4.27. The van der Waals surface area contributed by atoms with Crippen molar-refractivity contribution in [3.63, 3.8) is 0 Å². The van der Waals surface area contributed by atoms with Crippen LogP contribution in [0.25, 0.3) is 0 Å². The lowest BCUT2D eigenvalue weighted by Crippen LogP contribution is -2.23. The zero-order chi connectivity index (χ0) is 12.4. The minimum Gasteiger partial charge on any atom is -0.297 e. The minimum atomic E-state index is 0.765. The van der Waals surface area contributed by atoms with Gasteiger partial charge < -0.3 is 0 Å². The standard InChI is InChI=1S/C14H22N2S2/c17-10-12-14(11-5-6-11)15-13(18-12)9-16-7-3-1-2-4-8-16/h11,17H,1-10H2. The average molecular weight is 282 g/mol. The van der Waals surface area contributed by atoms with Crippen LogP contribution >= 0.6 is 24.0 Å². The van der Waals surface area contributed by atoms with Gasteiger partial charge in [0.25, 0.3) is 0 Å². The highest BCUT2D eigenvalue weighted by Gasteiger charge is 2.29. The number of nitrogens with zero attached hydrogens (tertiary/aromatic N) is 2. The molecule has 2 fully saturated rings. The van der Waals surface area contributed by atoms with Gasteiger partial charge in [-0.2, -0.15) is 12.6 Å². The van der Waals surface area contributed by atoms with Crippen molar-refractivity contribution in [2.24, 2.45) is 0 Å². The molecule has 3 rings (SSSR count). The zero-order valence-electron chi connectivity index (χ0n) is 10.9. The molecule has 1 aliphatic heterocycles. The Hall–Kier alpha value is -0.0600. The second-order valence-electron chi connectivity index (χ2n) is 5.54. The topological polar surface area (TPSA) is 16.1 Å². The molecule has 0 radical (unpaired) electrons. The molecule has 0 N–H and O–H groups in total. The third-order valence-corrected chi connectivity index (χ3v) is 5.52. The predicted octanol–water partition coefficient (Wildman–Crippen LogP) is 3.83. The van der Waals surface area contributed by atoms with Crippen molar-refractivity contribution in [1.29, 1.82) is 0 Å². The van der Waals surface area contributed by atoms with Gasteiger partial charge in [0.15, 0.2) is 0 Å². The summed E-state index contributed by atoms with van der Waals surface area (Å²) in [6.45, 7) is 3.58. The molecule has 1 aliphatic carbocycles. The number of likely N-dealkylation sites (tertiary alicyclic amines) is 1. The summed E-state index contributed by atoms with van der Waals surface area (Å²) in [5.41, 5.74) is 1.37. The Morgan fingerprint density at radius 2 is 1.89 bits per heavy atom. The van der Waals surface area contributed by atoms with Crippen LogP contribution in [0.1, 0.15) is 60.0 Å². The Morgan fingerprint density at radius 1 is 1.17 bits per heavy atom. The van der Waals surface area contributed by atoms with Crippen LogP contribution in [-0.2, 0) is 12.3 Å². The maximum Gasteiger partial charge on any atom is 0.107 e. The van der Waals surface area contributed by atoms with E-state index in [1.807, 2.05) is 11.3 Å². The number of thiazole rings is 1. The number of aromatic nitrogens is 1. The molecule has 0 aromatic carbocycles. The molecule has 18 heavy (non-hydrogen) atoms. The average Bonchev–Trinajstić information content (AvgIpc) is 3.17. The first-order valence-electron chi connectivity index (χ1n) is 7.18. The van der Waals surface area contributed by atoms with Gasteiger partial charge in [-0.05, 0) is 38.8 Å². The molecule has 1 aromatic heterocycles. The van der Waals surface area contributed by atoms with Crippen LogP contribution < -0.4 is 0 Å². The minimum absolute atomic E-state index is 0.765. The van der Waals surface area contributed by atoms with Crippen LogP contribution in [0.4, 0.5) is 0 Å². The summed E-state index contributed by atoms with van der Waals surface area (Å²) in [5.74, 6) is 1.63. The van der Waals surface area contributed by atoms with Crippen LogP contribution in [-0.4, -0.2) is 23.0 Å². The molecule has 2 aliphatic rings. The van der Waals surface area contributed by atoms with Crippen molar-refractivity contribution >= 4 is 24.0 Å². The maximum absolute atomic E-state index is 4.90. The molecular weight excluding hydrogens is 260 g/mol. The first kappa shape index (κ1) is 12.9. The molecule has 2 heterocycles.